The standard InChI is InChI=1S/C11H13Cl2N3O2/c1-11(2,10(14)16-18)15-9(17)6-3-4-7(12)8(13)5-6/h3-5,18H,1-2H3,(H2,14,16)(H,15,17). The fourth-order valence-electron chi connectivity index (χ4n) is 1.18. The third-order valence-corrected chi connectivity index (χ3v) is 3.09. The fourth-order valence-corrected chi connectivity index (χ4v) is 1.48. The van der Waals surface area contributed by atoms with Gasteiger partial charge in [-0.15, -0.1) is 0 Å². The number of carbonyl (C=O) groups is 1. The second-order valence-corrected chi connectivity index (χ2v) is 5.01. The lowest BCUT2D eigenvalue weighted by Gasteiger charge is -2.24. The molecule has 0 aliphatic heterocycles. The predicted molar refractivity (Wildman–Crippen MR) is 71.4 cm³/mol. The lowest BCUT2D eigenvalue weighted by atomic mass is 10.0. The minimum atomic E-state index is -0.974. The third-order valence-electron chi connectivity index (χ3n) is 2.36. The molecule has 1 rings (SSSR count). The van der Waals surface area contributed by atoms with E-state index in [-0.39, 0.29) is 10.9 Å². The van der Waals surface area contributed by atoms with Crippen LogP contribution in [0.4, 0.5) is 0 Å². The van der Waals surface area contributed by atoms with Gasteiger partial charge in [0.1, 0.15) is 0 Å². The zero-order valence-electron chi connectivity index (χ0n) is 9.87. The first-order valence-electron chi connectivity index (χ1n) is 5.03. The molecule has 1 aromatic rings. The van der Waals surface area contributed by atoms with Crippen molar-refractivity contribution in [3.8, 4) is 0 Å². The van der Waals surface area contributed by atoms with Crippen LogP contribution in [0.1, 0.15) is 24.2 Å². The number of hydrogen-bond acceptors (Lipinski definition) is 3. The highest BCUT2D eigenvalue weighted by molar-refractivity contribution is 6.42. The molecular weight excluding hydrogens is 277 g/mol. The van der Waals surface area contributed by atoms with Gasteiger partial charge in [-0.3, -0.25) is 4.79 Å². The number of amidine groups is 1. The van der Waals surface area contributed by atoms with Gasteiger partial charge in [-0.25, -0.2) is 0 Å². The van der Waals surface area contributed by atoms with Crippen molar-refractivity contribution in [3.63, 3.8) is 0 Å². The molecule has 98 valence electrons. The Kier molecular flexibility index (Phi) is 4.43. The van der Waals surface area contributed by atoms with Gasteiger partial charge in [-0.1, -0.05) is 28.4 Å². The van der Waals surface area contributed by atoms with E-state index < -0.39 is 11.4 Å². The van der Waals surface area contributed by atoms with E-state index in [4.69, 9.17) is 34.1 Å². The van der Waals surface area contributed by atoms with Crippen molar-refractivity contribution in [2.45, 2.75) is 19.4 Å². The molecule has 0 aromatic heterocycles. The minimum Gasteiger partial charge on any atom is -0.409 e. The van der Waals surface area contributed by atoms with E-state index in [0.717, 1.165) is 0 Å². The van der Waals surface area contributed by atoms with E-state index in [9.17, 15) is 4.79 Å². The molecule has 0 aliphatic rings. The Morgan fingerprint density at radius 3 is 2.50 bits per heavy atom. The summed E-state index contributed by atoms with van der Waals surface area (Å²) in [5.74, 6) is -0.499. The summed E-state index contributed by atoms with van der Waals surface area (Å²) in [6.45, 7) is 3.22. The van der Waals surface area contributed by atoms with Gasteiger partial charge in [0.25, 0.3) is 5.91 Å². The summed E-state index contributed by atoms with van der Waals surface area (Å²) in [5, 5.41) is 14.7. The molecule has 0 unspecified atom stereocenters. The van der Waals surface area contributed by atoms with E-state index >= 15 is 0 Å². The first-order chi connectivity index (χ1) is 8.27. The predicted octanol–water partition coefficient (Wildman–Crippen LogP) is 2.25. The quantitative estimate of drug-likeness (QED) is 0.345. The van der Waals surface area contributed by atoms with Crippen molar-refractivity contribution >= 4 is 34.9 Å². The average Bonchev–Trinajstić information content (AvgIpc) is 2.30. The number of rotatable bonds is 3. The Labute approximate surface area is 115 Å². The molecule has 18 heavy (non-hydrogen) atoms. The third kappa shape index (κ3) is 3.27. The number of benzene rings is 1. The van der Waals surface area contributed by atoms with Crippen LogP contribution in [-0.2, 0) is 0 Å². The average molecular weight is 290 g/mol. The van der Waals surface area contributed by atoms with Crippen molar-refractivity contribution in [2.75, 3.05) is 0 Å². The molecular formula is C11H13Cl2N3O2. The summed E-state index contributed by atoms with van der Waals surface area (Å²) in [4.78, 5) is 11.9. The number of nitrogens with two attached hydrogens (primary N) is 1. The van der Waals surface area contributed by atoms with Crippen molar-refractivity contribution in [2.24, 2.45) is 10.9 Å². The SMILES string of the molecule is CC(C)(NC(=O)c1ccc(Cl)c(Cl)c1)/C(N)=N/O. The topological polar surface area (TPSA) is 87.7 Å². The molecule has 0 fully saturated rings. The van der Waals surface area contributed by atoms with E-state index in [1.807, 2.05) is 0 Å². The summed E-state index contributed by atoms with van der Waals surface area (Å²) in [6.07, 6.45) is 0. The number of oxime groups is 1. The zero-order chi connectivity index (χ0) is 13.9. The maximum absolute atomic E-state index is 11.9. The monoisotopic (exact) mass is 289 g/mol. The van der Waals surface area contributed by atoms with Crippen LogP contribution in [0.15, 0.2) is 23.4 Å². The lowest BCUT2D eigenvalue weighted by molar-refractivity contribution is 0.0931. The number of carbonyl (C=O) groups excluding carboxylic acids is 1. The van der Waals surface area contributed by atoms with Crippen molar-refractivity contribution in [1.29, 1.82) is 0 Å². The summed E-state index contributed by atoms with van der Waals surface area (Å²) < 4.78 is 0. The molecule has 0 saturated carbocycles. The molecule has 7 heteroatoms. The van der Waals surface area contributed by atoms with Crippen molar-refractivity contribution in [3.05, 3.63) is 33.8 Å². The van der Waals surface area contributed by atoms with Crippen LogP contribution in [0.25, 0.3) is 0 Å². The number of nitrogens with zero attached hydrogens (tertiary/aromatic N) is 1. The van der Waals surface area contributed by atoms with Gasteiger partial charge in [-0.05, 0) is 32.0 Å². The van der Waals surface area contributed by atoms with Gasteiger partial charge in [0.2, 0.25) is 0 Å². The second kappa shape index (κ2) is 5.46. The highest BCUT2D eigenvalue weighted by atomic mass is 35.5. The maximum Gasteiger partial charge on any atom is 0.252 e. The molecule has 5 nitrogen and oxygen atoms in total. The zero-order valence-corrected chi connectivity index (χ0v) is 11.4. The second-order valence-electron chi connectivity index (χ2n) is 4.19. The number of hydrogen-bond donors (Lipinski definition) is 3. The number of amides is 1. The van der Waals surface area contributed by atoms with Gasteiger partial charge in [0, 0.05) is 5.56 Å². The molecule has 1 amide bonds. The van der Waals surface area contributed by atoms with Gasteiger partial charge < -0.3 is 16.3 Å². The van der Waals surface area contributed by atoms with Crippen LogP contribution < -0.4 is 11.1 Å². The summed E-state index contributed by atoms with van der Waals surface area (Å²) in [5.41, 5.74) is 4.83. The normalized spacial score (nSPS) is 12.3. The molecule has 0 saturated heterocycles. The molecule has 1 aromatic carbocycles. The van der Waals surface area contributed by atoms with Crippen molar-refractivity contribution < 1.29 is 10.0 Å². The van der Waals surface area contributed by atoms with E-state index in [1.165, 1.54) is 18.2 Å². The Balaban J connectivity index is 2.92. The summed E-state index contributed by atoms with van der Waals surface area (Å²) in [7, 11) is 0. The number of nitrogens with one attached hydrogen (secondary N) is 1. The van der Waals surface area contributed by atoms with Crippen molar-refractivity contribution in [1.82, 2.24) is 5.32 Å². The van der Waals surface area contributed by atoms with Crippen LogP contribution >= 0.6 is 23.2 Å². The highest BCUT2D eigenvalue weighted by Gasteiger charge is 2.26. The summed E-state index contributed by atoms with van der Waals surface area (Å²) in [6, 6.07) is 4.50. The Bertz CT molecular complexity index is 501. The fraction of sp³-hybridized carbons (Fsp3) is 0.273. The molecule has 0 heterocycles. The van der Waals surface area contributed by atoms with E-state index in [1.54, 1.807) is 13.8 Å². The van der Waals surface area contributed by atoms with E-state index in [0.29, 0.717) is 10.6 Å². The van der Waals surface area contributed by atoms with Gasteiger partial charge in [-0.2, -0.15) is 0 Å². The minimum absolute atomic E-state index is 0.101. The maximum atomic E-state index is 11.9. The highest BCUT2D eigenvalue weighted by Crippen LogP contribution is 2.22. The molecule has 0 bridgehead atoms. The van der Waals surface area contributed by atoms with Gasteiger partial charge in [0.05, 0.1) is 15.6 Å². The molecule has 0 spiro atoms. The summed E-state index contributed by atoms with van der Waals surface area (Å²) >= 11 is 11.6. The smallest absolute Gasteiger partial charge is 0.252 e. The van der Waals surface area contributed by atoms with Crippen LogP contribution in [0, 0.1) is 0 Å². The molecule has 0 atom stereocenters. The molecule has 0 aliphatic carbocycles. The van der Waals surface area contributed by atoms with Crippen LogP contribution in [0.3, 0.4) is 0 Å². The molecule has 0 radical (unpaired) electrons. The lowest BCUT2D eigenvalue weighted by Crippen LogP contribution is -2.53. The van der Waals surface area contributed by atoms with Crippen LogP contribution in [-0.4, -0.2) is 22.5 Å². The first kappa shape index (κ1) is 14.6. The van der Waals surface area contributed by atoms with Crippen LogP contribution in [0.2, 0.25) is 10.0 Å². The number of halogens is 2. The molecule has 4 N–H and O–H groups in total. The van der Waals surface area contributed by atoms with Crippen LogP contribution in [0.5, 0.6) is 0 Å². The van der Waals surface area contributed by atoms with Gasteiger partial charge >= 0.3 is 0 Å². The largest absolute Gasteiger partial charge is 0.409 e. The Hall–Kier alpha value is -1.46. The first-order valence-corrected chi connectivity index (χ1v) is 5.79. The Morgan fingerprint density at radius 1 is 1.39 bits per heavy atom. The Morgan fingerprint density at radius 2 is 2.00 bits per heavy atom. The van der Waals surface area contributed by atoms with Gasteiger partial charge in [0.15, 0.2) is 5.84 Å². The van der Waals surface area contributed by atoms with E-state index in [2.05, 4.69) is 10.5 Å².